The Morgan fingerprint density at radius 1 is 1.41 bits per heavy atom. The summed E-state index contributed by atoms with van der Waals surface area (Å²) in [6.45, 7) is 0.185. The number of carbonyl (C=O) groups is 1. The molecule has 1 aromatic rings. The molecule has 2 rings (SSSR count). The van der Waals surface area contributed by atoms with Crippen molar-refractivity contribution in [2.75, 3.05) is 18.4 Å². The number of benzene rings is 1. The van der Waals surface area contributed by atoms with Gasteiger partial charge in [-0.2, -0.15) is 0 Å². The number of Topliss-reactive ketones (excluding diaryl/α,β-unsaturated/α-hetero) is 1. The van der Waals surface area contributed by atoms with Gasteiger partial charge in [-0.25, -0.2) is 0 Å². The fraction of sp³-hybridized carbons (Fsp3) is 0.417. The number of para-hydroxylation sites is 1. The summed E-state index contributed by atoms with van der Waals surface area (Å²) >= 11 is 0. The predicted molar refractivity (Wildman–Crippen MR) is 63.8 cm³/mol. The Balaban J connectivity index is 2.08. The Bertz CT molecular complexity index is 441. The molecule has 5 heteroatoms. The molecule has 0 atom stereocenters. The molecule has 0 radical (unpaired) electrons. The standard InChI is InChI=1S/C12H14N2O3/c15-12(8-14(16)17)10-3-1-2-4-11(10)13-7-9-5-6-9/h1-4,9,13H,5-8H2. The maximum Gasteiger partial charge on any atom is 0.265 e. The van der Waals surface area contributed by atoms with Crippen LogP contribution >= 0.6 is 0 Å². The van der Waals surface area contributed by atoms with Crippen molar-refractivity contribution >= 4 is 11.5 Å². The van der Waals surface area contributed by atoms with Gasteiger partial charge in [0.1, 0.15) is 0 Å². The van der Waals surface area contributed by atoms with Gasteiger partial charge in [0.15, 0.2) is 0 Å². The monoisotopic (exact) mass is 234 g/mol. The van der Waals surface area contributed by atoms with Crippen LogP contribution in [0.1, 0.15) is 23.2 Å². The van der Waals surface area contributed by atoms with Gasteiger partial charge in [0.25, 0.3) is 6.54 Å². The van der Waals surface area contributed by atoms with Crippen LogP contribution in [-0.4, -0.2) is 23.8 Å². The summed E-state index contributed by atoms with van der Waals surface area (Å²) in [6, 6.07) is 6.95. The van der Waals surface area contributed by atoms with Gasteiger partial charge in [0.2, 0.25) is 5.78 Å². The van der Waals surface area contributed by atoms with E-state index in [0.717, 1.165) is 6.54 Å². The van der Waals surface area contributed by atoms with Crippen LogP contribution in [0.5, 0.6) is 0 Å². The Labute approximate surface area is 99.0 Å². The van der Waals surface area contributed by atoms with E-state index >= 15 is 0 Å². The lowest BCUT2D eigenvalue weighted by Gasteiger charge is -2.09. The summed E-state index contributed by atoms with van der Waals surface area (Å²) in [5.74, 6) is 0.238. The molecule has 1 aromatic carbocycles. The highest BCUT2D eigenvalue weighted by atomic mass is 16.6. The number of ketones is 1. The summed E-state index contributed by atoms with van der Waals surface area (Å²) in [4.78, 5) is 21.4. The lowest BCUT2D eigenvalue weighted by Crippen LogP contribution is -2.16. The third-order valence-corrected chi connectivity index (χ3v) is 2.78. The number of rotatable bonds is 6. The van der Waals surface area contributed by atoms with Crippen molar-refractivity contribution in [1.29, 1.82) is 0 Å². The van der Waals surface area contributed by atoms with E-state index in [-0.39, 0.29) is 0 Å². The molecule has 0 aromatic heterocycles. The minimum Gasteiger partial charge on any atom is -0.384 e. The molecule has 0 bridgehead atoms. The van der Waals surface area contributed by atoms with Crippen molar-refractivity contribution in [3.05, 3.63) is 39.9 Å². The topological polar surface area (TPSA) is 72.2 Å². The molecule has 5 nitrogen and oxygen atoms in total. The number of nitrogens with one attached hydrogen (secondary N) is 1. The second-order valence-electron chi connectivity index (χ2n) is 4.28. The molecule has 0 heterocycles. The van der Waals surface area contributed by atoms with Crippen molar-refractivity contribution < 1.29 is 9.72 Å². The average Bonchev–Trinajstić information content (AvgIpc) is 3.09. The summed E-state index contributed by atoms with van der Waals surface area (Å²) in [6.07, 6.45) is 2.44. The first-order valence-electron chi connectivity index (χ1n) is 5.64. The zero-order chi connectivity index (χ0) is 12.3. The van der Waals surface area contributed by atoms with E-state index in [1.165, 1.54) is 12.8 Å². The van der Waals surface area contributed by atoms with Crippen LogP contribution in [0.2, 0.25) is 0 Å². The molecule has 1 fully saturated rings. The van der Waals surface area contributed by atoms with E-state index in [4.69, 9.17) is 0 Å². The first kappa shape index (κ1) is 11.6. The van der Waals surface area contributed by atoms with E-state index in [0.29, 0.717) is 17.2 Å². The van der Waals surface area contributed by atoms with Gasteiger partial charge in [-0.05, 0) is 30.9 Å². The lowest BCUT2D eigenvalue weighted by molar-refractivity contribution is -0.465. The molecular formula is C12H14N2O3. The Morgan fingerprint density at radius 3 is 2.76 bits per heavy atom. The summed E-state index contributed by atoms with van der Waals surface area (Å²) < 4.78 is 0. The second-order valence-corrected chi connectivity index (χ2v) is 4.28. The van der Waals surface area contributed by atoms with Crippen molar-refractivity contribution in [3.63, 3.8) is 0 Å². The molecule has 90 valence electrons. The summed E-state index contributed by atoms with van der Waals surface area (Å²) in [5.41, 5.74) is 1.11. The molecule has 1 aliphatic rings. The van der Waals surface area contributed by atoms with Crippen molar-refractivity contribution in [2.24, 2.45) is 5.92 Å². The van der Waals surface area contributed by atoms with E-state index in [1.54, 1.807) is 18.2 Å². The zero-order valence-corrected chi connectivity index (χ0v) is 9.39. The molecule has 0 spiro atoms. The van der Waals surface area contributed by atoms with E-state index in [2.05, 4.69) is 5.32 Å². The predicted octanol–water partition coefficient (Wildman–Crippen LogP) is 1.97. The fourth-order valence-electron chi connectivity index (χ4n) is 1.66. The molecule has 17 heavy (non-hydrogen) atoms. The van der Waals surface area contributed by atoms with Crippen LogP contribution < -0.4 is 5.32 Å². The molecule has 1 N–H and O–H groups in total. The summed E-state index contributed by atoms with van der Waals surface area (Å²) in [5, 5.41) is 13.5. The van der Waals surface area contributed by atoms with Gasteiger partial charge in [0.05, 0.1) is 0 Å². The van der Waals surface area contributed by atoms with Gasteiger partial charge in [-0.1, -0.05) is 12.1 Å². The number of carbonyl (C=O) groups excluding carboxylic acids is 1. The first-order valence-corrected chi connectivity index (χ1v) is 5.64. The fourth-order valence-corrected chi connectivity index (χ4v) is 1.66. The van der Waals surface area contributed by atoms with Gasteiger partial charge in [0, 0.05) is 22.7 Å². The minimum absolute atomic E-state index is 0.407. The number of nitro groups is 1. The molecule has 0 aliphatic heterocycles. The SMILES string of the molecule is O=C(C[N+](=O)[O-])c1ccccc1NCC1CC1. The minimum atomic E-state index is -0.651. The number of hydrogen-bond acceptors (Lipinski definition) is 4. The first-order chi connectivity index (χ1) is 8.16. The van der Waals surface area contributed by atoms with Crippen LogP contribution in [0.3, 0.4) is 0 Å². The van der Waals surface area contributed by atoms with Gasteiger partial charge < -0.3 is 5.32 Å². The van der Waals surface area contributed by atoms with Gasteiger partial charge >= 0.3 is 0 Å². The third-order valence-electron chi connectivity index (χ3n) is 2.78. The highest BCUT2D eigenvalue weighted by Crippen LogP contribution is 2.29. The van der Waals surface area contributed by atoms with E-state index in [9.17, 15) is 14.9 Å². The van der Waals surface area contributed by atoms with Crippen LogP contribution in [0.4, 0.5) is 5.69 Å². The maximum atomic E-state index is 11.7. The third kappa shape index (κ3) is 3.27. The average molecular weight is 234 g/mol. The maximum absolute atomic E-state index is 11.7. The Kier molecular flexibility index (Phi) is 3.37. The van der Waals surface area contributed by atoms with Gasteiger partial charge in [-0.15, -0.1) is 0 Å². The van der Waals surface area contributed by atoms with Crippen LogP contribution in [-0.2, 0) is 0 Å². The number of anilines is 1. The quantitative estimate of drug-likeness (QED) is 0.464. The van der Waals surface area contributed by atoms with Crippen molar-refractivity contribution in [1.82, 2.24) is 0 Å². The number of hydrogen-bond donors (Lipinski definition) is 1. The van der Waals surface area contributed by atoms with E-state index < -0.39 is 17.3 Å². The normalized spacial score (nSPS) is 14.4. The molecule has 0 amide bonds. The zero-order valence-electron chi connectivity index (χ0n) is 9.39. The second kappa shape index (κ2) is 4.95. The van der Waals surface area contributed by atoms with Crippen molar-refractivity contribution in [3.8, 4) is 0 Å². The van der Waals surface area contributed by atoms with E-state index in [1.807, 2.05) is 6.07 Å². The van der Waals surface area contributed by atoms with Crippen LogP contribution in [0.25, 0.3) is 0 Å². The molecule has 1 saturated carbocycles. The Morgan fingerprint density at radius 2 is 2.12 bits per heavy atom. The highest BCUT2D eigenvalue weighted by molar-refractivity contribution is 6.01. The van der Waals surface area contributed by atoms with Gasteiger partial charge in [-0.3, -0.25) is 14.9 Å². The number of nitrogens with zero attached hydrogens (tertiary/aromatic N) is 1. The molecule has 0 saturated heterocycles. The summed E-state index contributed by atoms with van der Waals surface area (Å²) in [7, 11) is 0. The largest absolute Gasteiger partial charge is 0.384 e. The highest BCUT2D eigenvalue weighted by Gasteiger charge is 2.22. The van der Waals surface area contributed by atoms with Crippen molar-refractivity contribution in [2.45, 2.75) is 12.8 Å². The van der Waals surface area contributed by atoms with Crippen LogP contribution in [0, 0.1) is 16.0 Å². The smallest absolute Gasteiger partial charge is 0.265 e. The lowest BCUT2D eigenvalue weighted by atomic mass is 10.1. The van der Waals surface area contributed by atoms with Crippen LogP contribution in [0.15, 0.2) is 24.3 Å². The molecule has 1 aliphatic carbocycles. The molecule has 0 unspecified atom stereocenters. The Hall–Kier alpha value is -1.91. The molecular weight excluding hydrogens is 220 g/mol.